The molecule has 22 heavy (non-hydrogen) atoms. The lowest BCUT2D eigenvalue weighted by molar-refractivity contribution is -0.119. The lowest BCUT2D eigenvalue weighted by Crippen LogP contribution is -2.37. The van der Waals surface area contributed by atoms with Crippen LogP contribution in [-0.4, -0.2) is 23.6 Å². The number of thiocarbonyl (C=S) groups is 1. The molecule has 1 aliphatic rings. The van der Waals surface area contributed by atoms with E-state index < -0.39 is 0 Å². The highest BCUT2D eigenvalue weighted by Crippen LogP contribution is 2.25. The third-order valence-electron chi connectivity index (χ3n) is 3.99. The Morgan fingerprint density at radius 3 is 2.68 bits per heavy atom. The molecule has 1 saturated heterocycles. The molecule has 2 N–H and O–H groups in total. The first kappa shape index (κ1) is 16.7. The Kier molecular flexibility index (Phi) is 6.19. The molecule has 1 unspecified atom stereocenters. The molecule has 1 heterocycles. The second kappa shape index (κ2) is 8.13. The number of anilines is 2. The van der Waals surface area contributed by atoms with E-state index in [4.69, 9.17) is 12.2 Å². The maximum atomic E-state index is 11.5. The standard InChI is InChI=1S/C17H25N3OS/c1-3-6-16(21)19-17(22)18-14-8-10-15(11-9-14)20-12-5-4-7-13(20)2/h8-11,13H,3-7,12H2,1-2H3,(H2,18,19,21,22). The van der Waals surface area contributed by atoms with Crippen molar-refractivity contribution in [3.63, 3.8) is 0 Å². The molecule has 1 fully saturated rings. The average molecular weight is 319 g/mol. The van der Waals surface area contributed by atoms with Crippen LogP contribution in [0.15, 0.2) is 24.3 Å². The molecule has 120 valence electrons. The van der Waals surface area contributed by atoms with Crippen LogP contribution in [0.3, 0.4) is 0 Å². The van der Waals surface area contributed by atoms with Gasteiger partial charge in [0.05, 0.1) is 0 Å². The maximum absolute atomic E-state index is 11.5. The molecule has 0 bridgehead atoms. The van der Waals surface area contributed by atoms with Gasteiger partial charge in [0.1, 0.15) is 0 Å². The second-order valence-corrected chi connectivity index (χ2v) is 6.25. The molecular weight excluding hydrogens is 294 g/mol. The number of rotatable bonds is 4. The van der Waals surface area contributed by atoms with Crippen molar-refractivity contribution < 1.29 is 4.79 Å². The van der Waals surface area contributed by atoms with Gasteiger partial charge in [-0.3, -0.25) is 4.79 Å². The number of piperidine rings is 1. The van der Waals surface area contributed by atoms with Gasteiger partial charge >= 0.3 is 0 Å². The van der Waals surface area contributed by atoms with Crippen molar-refractivity contribution in [2.75, 3.05) is 16.8 Å². The van der Waals surface area contributed by atoms with E-state index in [9.17, 15) is 4.79 Å². The summed E-state index contributed by atoms with van der Waals surface area (Å²) in [5.41, 5.74) is 2.15. The predicted octanol–water partition coefficient (Wildman–Crippen LogP) is 3.68. The number of nitrogens with zero attached hydrogens (tertiary/aromatic N) is 1. The van der Waals surface area contributed by atoms with Gasteiger partial charge in [0.2, 0.25) is 5.91 Å². The monoisotopic (exact) mass is 319 g/mol. The molecule has 0 saturated carbocycles. The molecule has 4 nitrogen and oxygen atoms in total. The summed E-state index contributed by atoms with van der Waals surface area (Å²) in [4.78, 5) is 13.9. The van der Waals surface area contributed by atoms with Crippen LogP contribution < -0.4 is 15.5 Å². The van der Waals surface area contributed by atoms with Crippen LogP contribution in [0.1, 0.15) is 46.0 Å². The molecular formula is C17H25N3OS. The van der Waals surface area contributed by atoms with E-state index in [1.54, 1.807) is 0 Å². The summed E-state index contributed by atoms with van der Waals surface area (Å²) in [6, 6.07) is 8.84. The van der Waals surface area contributed by atoms with Crippen molar-refractivity contribution in [2.24, 2.45) is 0 Å². The van der Waals surface area contributed by atoms with E-state index in [2.05, 4.69) is 34.6 Å². The van der Waals surface area contributed by atoms with Gasteiger partial charge in [-0.25, -0.2) is 0 Å². The Morgan fingerprint density at radius 2 is 2.05 bits per heavy atom. The fraction of sp³-hybridized carbons (Fsp3) is 0.529. The third-order valence-corrected chi connectivity index (χ3v) is 4.19. The summed E-state index contributed by atoms with van der Waals surface area (Å²) in [5.74, 6) is -0.0428. The molecule has 0 aromatic heterocycles. The molecule has 0 aliphatic carbocycles. The van der Waals surface area contributed by atoms with Gasteiger partial charge in [-0.05, 0) is 69.1 Å². The Balaban J connectivity index is 1.91. The number of hydrogen-bond acceptors (Lipinski definition) is 3. The first-order chi connectivity index (χ1) is 10.6. The largest absolute Gasteiger partial charge is 0.369 e. The van der Waals surface area contributed by atoms with Crippen molar-refractivity contribution in [3.8, 4) is 0 Å². The fourth-order valence-electron chi connectivity index (χ4n) is 2.80. The quantitative estimate of drug-likeness (QED) is 0.831. The number of carbonyl (C=O) groups is 1. The Bertz CT molecular complexity index is 515. The Hall–Kier alpha value is -1.62. The zero-order chi connectivity index (χ0) is 15.9. The molecule has 1 aliphatic heterocycles. The zero-order valence-corrected chi connectivity index (χ0v) is 14.2. The van der Waals surface area contributed by atoms with Crippen LogP contribution in [0.2, 0.25) is 0 Å². The van der Waals surface area contributed by atoms with E-state index in [0.717, 1.165) is 18.7 Å². The van der Waals surface area contributed by atoms with Crippen LogP contribution in [0.4, 0.5) is 11.4 Å². The predicted molar refractivity (Wildman–Crippen MR) is 96.4 cm³/mol. The van der Waals surface area contributed by atoms with Crippen molar-refractivity contribution in [2.45, 2.75) is 52.0 Å². The summed E-state index contributed by atoms with van der Waals surface area (Å²) < 4.78 is 0. The summed E-state index contributed by atoms with van der Waals surface area (Å²) in [6.07, 6.45) is 5.15. The molecule has 0 radical (unpaired) electrons. The van der Waals surface area contributed by atoms with E-state index >= 15 is 0 Å². The van der Waals surface area contributed by atoms with E-state index in [1.807, 2.05) is 19.1 Å². The van der Waals surface area contributed by atoms with Gasteiger partial charge in [0, 0.05) is 30.4 Å². The minimum atomic E-state index is -0.0428. The molecule has 1 atom stereocenters. The van der Waals surface area contributed by atoms with Crippen molar-refractivity contribution in [1.29, 1.82) is 0 Å². The summed E-state index contributed by atoms with van der Waals surface area (Å²) in [6.45, 7) is 5.37. The maximum Gasteiger partial charge on any atom is 0.226 e. The number of hydrogen-bond donors (Lipinski definition) is 2. The minimum Gasteiger partial charge on any atom is -0.369 e. The van der Waals surface area contributed by atoms with Crippen LogP contribution in [0.5, 0.6) is 0 Å². The molecule has 1 aromatic rings. The van der Waals surface area contributed by atoms with Crippen LogP contribution in [0, 0.1) is 0 Å². The van der Waals surface area contributed by atoms with E-state index in [-0.39, 0.29) is 5.91 Å². The summed E-state index contributed by atoms with van der Waals surface area (Å²) >= 11 is 5.15. The van der Waals surface area contributed by atoms with Gasteiger partial charge < -0.3 is 15.5 Å². The van der Waals surface area contributed by atoms with Gasteiger partial charge in [0.15, 0.2) is 5.11 Å². The molecule has 0 spiro atoms. The number of nitrogens with one attached hydrogen (secondary N) is 2. The van der Waals surface area contributed by atoms with Gasteiger partial charge in [0.25, 0.3) is 0 Å². The first-order valence-corrected chi connectivity index (χ1v) is 8.48. The lowest BCUT2D eigenvalue weighted by atomic mass is 10.0. The Morgan fingerprint density at radius 1 is 1.32 bits per heavy atom. The normalized spacial score (nSPS) is 17.9. The van der Waals surface area contributed by atoms with E-state index in [0.29, 0.717) is 17.6 Å². The molecule has 2 rings (SSSR count). The lowest BCUT2D eigenvalue weighted by Gasteiger charge is -2.35. The molecule has 5 heteroatoms. The van der Waals surface area contributed by atoms with Crippen molar-refractivity contribution >= 4 is 34.6 Å². The minimum absolute atomic E-state index is 0.0428. The number of amides is 1. The highest BCUT2D eigenvalue weighted by molar-refractivity contribution is 7.80. The fourth-order valence-corrected chi connectivity index (χ4v) is 3.03. The van der Waals surface area contributed by atoms with Crippen LogP contribution in [-0.2, 0) is 4.79 Å². The Labute approximate surface area is 138 Å². The second-order valence-electron chi connectivity index (χ2n) is 5.84. The third kappa shape index (κ3) is 4.70. The van der Waals surface area contributed by atoms with Gasteiger partial charge in [-0.2, -0.15) is 0 Å². The van der Waals surface area contributed by atoms with Crippen molar-refractivity contribution in [1.82, 2.24) is 5.32 Å². The average Bonchev–Trinajstić information content (AvgIpc) is 2.49. The zero-order valence-electron chi connectivity index (χ0n) is 13.4. The summed E-state index contributed by atoms with van der Waals surface area (Å²) in [5, 5.41) is 6.10. The molecule has 1 aromatic carbocycles. The van der Waals surface area contributed by atoms with Crippen molar-refractivity contribution in [3.05, 3.63) is 24.3 Å². The summed E-state index contributed by atoms with van der Waals surface area (Å²) in [7, 11) is 0. The van der Waals surface area contributed by atoms with Crippen LogP contribution in [0.25, 0.3) is 0 Å². The van der Waals surface area contributed by atoms with Gasteiger partial charge in [-0.15, -0.1) is 0 Å². The highest BCUT2D eigenvalue weighted by Gasteiger charge is 2.18. The highest BCUT2D eigenvalue weighted by atomic mass is 32.1. The van der Waals surface area contributed by atoms with E-state index in [1.165, 1.54) is 24.9 Å². The number of carbonyl (C=O) groups excluding carboxylic acids is 1. The molecule has 1 amide bonds. The smallest absolute Gasteiger partial charge is 0.226 e. The first-order valence-electron chi connectivity index (χ1n) is 8.07. The topological polar surface area (TPSA) is 44.4 Å². The SMILES string of the molecule is CCCC(=O)NC(=S)Nc1ccc(N2CCCCC2C)cc1. The number of benzene rings is 1. The van der Waals surface area contributed by atoms with Crippen LogP contribution >= 0.6 is 12.2 Å². The van der Waals surface area contributed by atoms with Gasteiger partial charge in [-0.1, -0.05) is 6.92 Å².